The number of fused-ring (bicyclic) bond motifs is 1. The molecule has 3 rings (SSSR count). The van der Waals surface area contributed by atoms with Gasteiger partial charge < -0.3 is 4.74 Å². The van der Waals surface area contributed by atoms with E-state index >= 15 is 0 Å². The van der Waals surface area contributed by atoms with Gasteiger partial charge in [-0.05, 0) is 63.3 Å². The van der Waals surface area contributed by atoms with Crippen molar-refractivity contribution in [3.05, 3.63) is 71.8 Å². The van der Waals surface area contributed by atoms with E-state index in [-0.39, 0.29) is 12.0 Å². The molecule has 6 heteroatoms. The first-order valence-corrected chi connectivity index (χ1v) is 11.9. The van der Waals surface area contributed by atoms with Crippen molar-refractivity contribution in [1.82, 2.24) is 9.29 Å². The topological polar surface area (TPSA) is 42.4 Å². The fourth-order valence-electron chi connectivity index (χ4n) is 3.10. The number of benzene rings is 2. The smallest absolute Gasteiger partial charge is 0.333 e. The van der Waals surface area contributed by atoms with Crippen molar-refractivity contribution < 1.29 is 9.53 Å². The van der Waals surface area contributed by atoms with Crippen LogP contribution in [0.3, 0.4) is 0 Å². The number of carbonyl (C=O) groups excluding carboxylic acids is 1. The monoisotopic (exact) mass is 440 g/mol. The summed E-state index contributed by atoms with van der Waals surface area (Å²) in [5.74, 6) is -0.226. The molecule has 3 aromatic rings. The van der Waals surface area contributed by atoms with Crippen LogP contribution in [-0.4, -0.2) is 28.4 Å². The molecule has 0 unspecified atom stereocenters. The second-order valence-electron chi connectivity index (χ2n) is 7.02. The summed E-state index contributed by atoms with van der Waals surface area (Å²) >= 11 is 3.45. The van der Waals surface area contributed by atoms with Gasteiger partial charge in [0, 0.05) is 18.2 Å². The number of esters is 1. The summed E-state index contributed by atoms with van der Waals surface area (Å²) in [6, 6.07) is 19.0. The van der Waals surface area contributed by atoms with Gasteiger partial charge in [-0.3, -0.25) is 0 Å². The van der Waals surface area contributed by atoms with Crippen LogP contribution in [0, 0.1) is 0 Å². The summed E-state index contributed by atoms with van der Waals surface area (Å²) in [5.41, 5.74) is 3.01. The molecule has 0 bridgehead atoms. The van der Waals surface area contributed by atoms with Gasteiger partial charge in [0.25, 0.3) is 0 Å². The zero-order valence-corrected chi connectivity index (χ0v) is 19.3. The van der Waals surface area contributed by atoms with Crippen LogP contribution in [0.15, 0.2) is 70.6 Å². The van der Waals surface area contributed by atoms with Crippen molar-refractivity contribution in [3.63, 3.8) is 0 Å². The molecule has 0 aliphatic rings. The molecule has 30 heavy (non-hydrogen) atoms. The highest BCUT2D eigenvalue weighted by molar-refractivity contribution is 7.98. The first-order valence-electron chi connectivity index (χ1n) is 10.3. The lowest BCUT2D eigenvalue weighted by atomic mass is 10.1. The molecule has 4 nitrogen and oxygen atoms in total. The summed E-state index contributed by atoms with van der Waals surface area (Å²) in [4.78, 5) is 16.6. The zero-order valence-electron chi connectivity index (χ0n) is 17.7. The predicted octanol–water partition coefficient (Wildman–Crippen LogP) is 6.66. The number of nitrogens with zero attached hydrogens (tertiary/aromatic N) is 2. The Hall–Kier alpha value is -2.15. The van der Waals surface area contributed by atoms with Gasteiger partial charge in [0.15, 0.2) is 4.34 Å². The first-order chi connectivity index (χ1) is 14.6. The number of para-hydroxylation sites is 1. The number of carbonyl (C=O) groups is 1. The third kappa shape index (κ3) is 6.17. The van der Waals surface area contributed by atoms with Crippen molar-refractivity contribution in [2.75, 3.05) is 13.2 Å². The van der Waals surface area contributed by atoms with E-state index in [1.807, 2.05) is 32.1 Å². The van der Waals surface area contributed by atoms with Crippen molar-refractivity contribution in [2.24, 2.45) is 0 Å². The molecule has 1 heterocycles. The van der Waals surface area contributed by atoms with E-state index in [2.05, 4.69) is 53.7 Å². The first kappa shape index (κ1) is 22.5. The van der Waals surface area contributed by atoms with E-state index in [9.17, 15) is 4.79 Å². The van der Waals surface area contributed by atoms with Crippen LogP contribution in [-0.2, 0) is 9.53 Å². The molecule has 0 saturated carbocycles. The lowest BCUT2D eigenvalue weighted by molar-refractivity contribution is -0.138. The van der Waals surface area contributed by atoms with E-state index in [1.165, 1.54) is 10.3 Å². The molecule has 1 aromatic heterocycles. The van der Waals surface area contributed by atoms with Crippen molar-refractivity contribution in [3.8, 4) is 0 Å². The summed E-state index contributed by atoms with van der Waals surface area (Å²) < 4.78 is 9.71. The van der Waals surface area contributed by atoms with Crippen LogP contribution >= 0.6 is 23.3 Å². The number of rotatable bonds is 10. The van der Waals surface area contributed by atoms with Crippen LogP contribution in [0.25, 0.3) is 10.2 Å². The summed E-state index contributed by atoms with van der Waals surface area (Å²) in [6.07, 6.45) is 3.76. The Labute approximate surface area is 187 Å². The molecule has 0 amide bonds. The predicted molar refractivity (Wildman–Crippen MR) is 127 cm³/mol. The van der Waals surface area contributed by atoms with Crippen LogP contribution in [0.4, 0.5) is 0 Å². The van der Waals surface area contributed by atoms with E-state index < -0.39 is 0 Å². The third-order valence-electron chi connectivity index (χ3n) is 4.81. The molecule has 1 atom stereocenters. The molecule has 0 aliphatic heterocycles. The number of ether oxygens (including phenoxy) is 1. The van der Waals surface area contributed by atoms with E-state index in [4.69, 9.17) is 9.72 Å². The molecule has 0 saturated heterocycles. The quantitative estimate of drug-likeness (QED) is 0.153. The number of unbranched alkanes of at least 4 members (excludes halogenated alkanes) is 1. The summed E-state index contributed by atoms with van der Waals surface area (Å²) in [7, 11) is 0. The fourth-order valence-corrected chi connectivity index (χ4v) is 5.34. The summed E-state index contributed by atoms with van der Waals surface area (Å²) in [6.45, 7) is 7.18. The molecular formula is C24H28N2O2S2. The van der Waals surface area contributed by atoms with Gasteiger partial charge in [-0.25, -0.2) is 14.1 Å². The Morgan fingerprint density at radius 2 is 1.93 bits per heavy atom. The van der Waals surface area contributed by atoms with Gasteiger partial charge in [0.1, 0.15) is 0 Å². The van der Waals surface area contributed by atoms with Gasteiger partial charge in [-0.2, -0.15) is 0 Å². The van der Waals surface area contributed by atoms with E-state index in [0.29, 0.717) is 12.2 Å². The Morgan fingerprint density at radius 1 is 1.20 bits per heavy atom. The van der Waals surface area contributed by atoms with E-state index in [1.54, 1.807) is 23.3 Å². The largest absolute Gasteiger partial charge is 0.463 e. The number of aromatic nitrogens is 1. The second kappa shape index (κ2) is 11.3. The maximum absolute atomic E-state index is 11.8. The Bertz CT molecular complexity index is 952. The molecule has 0 fully saturated rings. The highest BCUT2D eigenvalue weighted by atomic mass is 32.2. The average molecular weight is 441 g/mol. The second-order valence-corrected chi connectivity index (χ2v) is 9.34. The van der Waals surface area contributed by atoms with Gasteiger partial charge in [-0.15, -0.1) is 11.3 Å². The van der Waals surface area contributed by atoms with Crippen LogP contribution in [0.2, 0.25) is 0 Å². The zero-order chi connectivity index (χ0) is 21.3. The minimum absolute atomic E-state index is 0.226. The van der Waals surface area contributed by atoms with Gasteiger partial charge in [0.2, 0.25) is 0 Å². The molecule has 0 radical (unpaired) electrons. The molecule has 2 aromatic carbocycles. The lowest BCUT2D eigenvalue weighted by Crippen LogP contribution is -2.21. The van der Waals surface area contributed by atoms with Crippen molar-refractivity contribution in [1.29, 1.82) is 0 Å². The SMILES string of the molecule is CCOC(=O)/C(C)=C/CCCN(Sc1nc2ccccc2s1)[C@@H](C)c1ccccc1. The average Bonchev–Trinajstić information content (AvgIpc) is 3.18. The van der Waals surface area contributed by atoms with Crippen LogP contribution < -0.4 is 0 Å². The third-order valence-corrected chi connectivity index (χ3v) is 7.10. The normalized spacial score (nSPS) is 13.0. The van der Waals surface area contributed by atoms with Crippen molar-refractivity contribution >= 4 is 39.5 Å². The fraction of sp³-hybridized carbons (Fsp3) is 0.333. The van der Waals surface area contributed by atoms with Gasteiger partial charge in [0.05, 0.1) is 16.8 Å². The molecular weight excluding hydrogens is 412 g/mol. The minimum Gasteiger partial charge on any atom is -0.463 e. The van der Waals surface area contributed by atoms with Crippen molar-refractivity contribution in [2.45, 2.75) is 44.0 Å². The van der Waals surface area contributed by atoms with Gasteiger partial charge >= 0.3 is 5.97 Å². The van der Waals surface area contributed by atoms with E-state index in [0.717, 1.165) is 29.2 Å². The Kier molecular flexibility index (Phi) is 8.49. The number of hydrogen-bond acceptors (Lipinski definition) is 6. The Morgan fingerprint density at radius 3 is 2.67 bits per heavy atom. The molecule has 0 aliphatic carbocycles. The maximum Gasteiger partial charge on any atom is 0.333 e. The lowest BCUT2D eigenvalue weighted by Gasteiger charge is -2.27. The number of hydrogen-bond donors (Lipinski definition) is 0. The number of thiazole rings is 1. The highest BCUT2D eigenvalue weighted by Crippen LogP contribution is 2.36. The minimum atomic E-state index is -0.226. The highest BCUT2D eigenvalue weighted by Gasteiger charge is 2.19. The molecule has 0 N–H and O–H groups in total. The van der Waals surface area contributed by atoms with Crippen LogP contribution in [0.1, 0.15) is 45.2 Å². The number of allylic oxidation sites excluding steroid dienone is 1. The molecule has 158 valence electrons. The molecule has 0 spiro atoms. The van der Waals surface area contributed by atoms with Crippen LogP contribution in [0.5, 0.6) is 0 Å². The Balaban J connectivity index is 1.69. The maximum atomic E-state index is 11.8. The van der Waals surface area contributed by atoms with Gasteiger partial charge in [-0.1, -0.05) is 48.5 Å². The summed E-state index contributed by atoms with van der Waals surface area (Å²) in [5, 5.41) is 0. The standard InChI is InChI=1S/C24H28N2O2S2/c1-4-28-23(27)18(2)12-10-11-17-26(19(3)20-13-6-5-7-14-20)30-24-25-21-15-8-9-16-22(21)29-24/h5-9,12-16,19H,4,10-11,17H2,1-3H3/b18-12+/t19-/m0/s1.